The molecule has 1 N–H and O–H groups in total. The molecular weight excluding hydrogens is 222 g/mol. The van der Waals surface area contributed by atoms with Gasteiger partial charge >= 0.3 is 0 Å². The van der Waals surface area contributed by atoms with E-state index in [0.717, 1.165) is 24.2 Å². The summed E-state index contributed by atoms with van der Waals surface area (Å²) < 4.78 is 0. The molecule has 0 bridgehead atoms. The minimum absolute atomic E-state index is 0.119. The van der Waals surface area contributed by atoms with Crippen LogP contribution in [0.2, 0.25) is 0 Å². The first-order chi connectivity index (χ1) is 8.75. The van der Waals surface area contributed by atoms with Crippen molar-refractivity contribution in [3.63, 3.8) is 0 Å². The van der Waals surface area contributed by atoms with Gasteiger partial charge in [-0.3, -0.25) is 4.79 Å². The van der Waals surface area contributed by atoms with Crippen molar-refractivity contribution in [3.8, 4) is 0 Å². The van der Waals surface area contributed by atoms with Crippen LogP contribution in [0.5, 0.6) is 0 Å². The topological polar surface area (TPSA) is 29.1 Å². The molecule has 2 nitrogen and oxygen atoms in total. The van der Waals surface area contributed by atoms with Crippen molar-refractivity contribution in [1.82, 2.24) is 0 Å². The zero-order valence-corrected chi connectivity index (χ0v) is 11.0. The molecule has 96 valence electrons. The summed E-state index contributed by atoms with van der Waals surface area (Å²) >= 11 is 0. The SMILES string of the molecule is CC(=O)c1ccc(NCCC2=CCCCC2)cc1. The highest BCUT2D eigenvalue weighted by Gasteiger charge is 2.03. The number of carbonyl (C=O) groups excluding carboxylic acids is 1. The Morgan fingerprint density at radius 1 is 1.22 bits per heavy atom. The fourth-order valence-corrected chi connectivity index (χ4v) is 2.32. The highest BCUT2D eigenvalue weighted by molar-refractivity contribution is 5.94. The average molecular weight is 243 g/mol. The zero-order chi connectivity index (χ0) is 12.8. The lowest BCUT2D eigenvalue weighted by Crippen LogP contribution is -2.04. The molecular formula is C16H21NO. The summed E-state index contributed by atoms with van der Waals surface area (Å²) in [7, 11) is 0. The van der Waals surface area contributed by atoms with Crippen LogP contribution in [0.15, 0.2) is 35.9 Å². The van der Waals surface area contributed by atoms with Crippen LogP contribution in [-0.2, 0) is 0 Å². The van der Waals surface area contributed by atoms with E-state index in [1.165, 1.54) is 25.7 Å². The maximum atomic E-state index is 11.1. The largest absolute Gasteiger partial charge is 0.385 e. The predicted molar refractivity (Wildman–Crippen MR) is 76.1 cm³/mol. The van der Waals surface area contributed by atoms with E-state index in [1.807, 2.05) is 24.3 Å². The number of carbonyl (C=O) groups is 1. The summed E-state index contributed by atoms with van der Waals surface area (Å²) in [5.74, 6) is 0.119. The number of Topliss-reactive ketones (excluding diaryl/α,β-unsaturated/α-hetero) is 1. The standard InChI is InChI=1S/C16H21NO/c1-13(18)15-7-9-16(10-8-15)17-12-11-14-5-3-2-4-6-14/h5,7-10,17H,2-4,6,11-12H2,1H3. The van der Waals surface area contributed by atoms with E-state index < -0.39 is 0 Å². The molecule has 0 heterocycles. The summed E-state index contributed by atoms with van der Waals surface area (Å²) in [6, 6.07) is 7.72. The van der Waals surface area contributed by atoms with Crippen LogP contribution >= 0.6 is 0 Å². The highest BCUT2D eigenvalue weighted by Crippen LogP contribution is 2.20. The molecule has 0 spiro atoms. The van der Waals surface area contributed by atoms with Gasteiger partial charge < -0.3 is 5.32 Å². The Morgan fingerprint density at radius 2 is 2.00 bits per heavy atom. The lowest BCUT2D eigenvalue weighted by atomic mass is 9.97. The molecule has 2 heteroatoms. The number of nitrogens with one attached hydrogen (secondary N) is 1. The van der Waals surface area contributed by atoms with Gasteiger partial charge in [-0.05, 0) is 63.3 Å². The molecule has 2 rings (SSSR count). The van der Waals surface area contributed by atoms with Crippen molar-refractivity contribution in [2.24, 2.45) is 0 Å². The van der Waals surface area contributed by atoms with E-state index in [9.17, 15) is 4.79 Å². The number of benzene rings is 1. The van der Waals surface area contributed by atoms with Gasteiger partial charge in [0.2, 0.25) is 0 Å². The van der Waals surface area contributed by atoms with Crippen LogP contribution in [0.3, 0.4) is 0 Å². The molecule has 0 unspecified atom stereocenters. The molecule has 0 saturated heterocycles. The van der Waals surface area contributed by atoms with Gasteiger partial charge in [-0.1, -0.05) is 11.6 Å². The van der Waals surface area contributed by atoms with Gasteiger partial charge in [0.1, 0.15) is 0 Å². The molecule has 0 aliphatic heterocycles. The van der Waals surface area contributed by atoms with Crippen LogP contribution in [-0.4, -0.2) is 12.3 Å². The minimum Gasteiger partial charge on any atom is -0.385 e. The van der Waals surface area contributed by atoms with Crippen molar-refractivity contribution >= 4 is 11.5 Å². The van der Waals surface area contributed by atoms with Crippen LogP contribution in [0.4, 0.5) is 5.69 Å². The van der Waals surface area contributed by atoms with E-state index in [4.69, 9.17) is 0 Å². The van der Waals surface area contributed by atoms with Crippen LogP contribution in [0.1, 0.15) is 49.4 Å². The number of hydrogen-bond donors (Lipinski definition) is 1. The van der Waals surface area contributed by atoms with Crippen molar-refractivity contribution in [2.45, 2.75) is 39.0 Å². The molecule has 0 fully saturated rings. The molecule has 0 aromatic heterocycles. The van der Waals surface area contributed by atoms with E-state index in [2.05, 4.69) is 11.4 Å². The van der Waals surface area contributed by atoms with Gasteiger partial charge in [-0.15, -0.1) is 0 Å². The molecule has 1 aromatic rings. The number of anilines is 1. The summed E-state index contributed by atoms with van der Waals surface area (Å²) in [6.45, 7) is 2.57. The van der Waals surface area contributed by atoms with Gasteiger partial charge in [-0.2, -0.15) is 0 Å². The predicted octanol–water partition coefficient (Wildman–Crippen LogP) is 4.19. The summed E-state index contributed by atoms with van der Waals surface area (Å²) in [6.07, 6.45) is 8.74. The quantitative estimate of drug-likeness (QED) is 0.620. The molecule has 0 saturated carbocycles. The van der Waals surface area contributed by atoms with Crippen molar-refractivity contribution in [2.75, 3.05) is 11.9 Å². The van der Waals surface area contributed by atoms with E-state index in [1.54, 1.807) is 12.5 Å². The molecule has 0 atom stereocenters. The van der Waals surface area contributed by atoms with Crippen LogP contribution in [0, 0.1) is 0 Å². The lowest BCUT2D eigenvalue weighted by molar-refractivity contribution is 0.101. The second-order valence-corrected chi connectivity index (χ2v) is 4.92. The Balaban J connectivity index is 1.79. The zero-order valence-electron chi connectivity index (χ0n) is 11.0. The first-order valence-electron chi connectivity index (χ1n) is 6.78. The van der Waals surface area contributed by atoms with E-state index in [0.29, 0.717) is 0 Å². The van der Waals surface area contributed by atoms with Crippen LogP contribution in [0.25, 0.3) is 0 Å². The smallest absolute Gasteiger partial charge is 0.159 e. The molecule has 0 amide bonds. The Bertz CT molecular complexity index is 431. The number of hydrogen-bond acceptors (Lipinski definition) is 2. The van der Waals surface area contributed by atoms with Gasteiger partial charge in [0.25, 0.3) is 0 Å². The second-order valence-electron chi connectivity index (χ2n) is 4.92. The monoisotopic (exact) mass is 243 g/mol. The van der Waals surface area contributed by atoms with Gasteiger partial charge in [0.15, 0.2) is 5.78 Å². The molecule has 18 heavy (non-hydrogen) atoms. The fourth-order valence-electron chi connectivity index (χ4n) is 2.32. The minimum atomic E-state index is 0.119. The Kier molecular flexibility index (Phi) is 4.57. The maximum Gasteiger partial charge on any atom is 0.159 e. The lowest BCUT2D eigenvalue weighted by Gasteiger charge is -2.13. The number of rotatable bonds is 5. The molecule has 1 aliphatic carbocycles. The van der Waals surface area contributed by atoms with Crippen molar-refractivity contribution < 1.29 is 4.79 Å². The van der Waals surface area contributed by atoms with Gasteiger partial charge in [-0.25, -0.2) is 0 Å². The van der Waals surface area contributed by atoms with Crippen molar-refractivity contribution in [1.29, 1.82) is 0 Å². The van der Waals surface area contributed by atoms with Crippen LogP contribution < -0.4 is 5.32 Å². The Morgan fingerprint density at radius 3 is 2.61 bits per heavy atom. The first kappa shape index (κ1) is 12.9. The molecule has 1 aliphatic rings. The van der Waals surface area contributed by atoms with Gasteiger partial charge in [0, 0.05) is 17.8 Å². The third kappa shape index (κ3) is 3.73. The molecule has 0 radical (unpaired) electrons. The maximum absolute atomic E-state index is 11.1. The van der Waals surface area contributed by atoms with Gasteiger partial charge in [0.05, 0.1) is 0 Å². The van der Waals surface area contributed by atoms with E-state index >= 15 is 0 Å². The number of allylic oxidation sites excluding steroid dienone is 1. The molecule has 1 aromatic carbocycles. The third-order valence-corrected chi connectivity index (χ3v) is 3.45. The summed E-state index contributed by atoms with van der Waals surface area (Å²) in [5.41, 5.74) is 3.46. The van der Waals surface area contributed by atoms with E-state index in [-0.39, 0.29) is 5.78 Å². The average Bonchev–Trinajstić information content (AvgIpc) is 2.40. The fraction of sp³-hybridized carbons (Fsp3) is 0.438. The highest BCUT2D eigenvalue weighted by atomic mass is 16.1. The Hall–Kier alpha value is -1.57. The normalized spacial score (nSPS) is 15.1. The number of ketones is 1. The summed E-state index contributed by atoms with van der Waals surface area (Å²) in [4.78, 5) is 11.1. The van der Waals surface area contributed by atoms with Crippen molar-refractivity contribution in [3.05, 3.63) is 41.5 Å². The Labute approximate surface area is 109 Å². The second kappa shape index (κ2) is 6.39. The summed E-state index contributed by atoms with van der Waals surface area (Å²) in [5, 5.41) is 3.41. The first-order valence-corrected chi connectivity index (χ1v) is 6.78. The third-order valence-electron chi connectivity index (χ3n) is 3.45.